The van der Waals surface area contributed by atoms with Gasteiger partial charge in [-0.3, -0.25) is 0 Å². The highest BCUT2D eigenvalue weighted by molar-refractivity contribution is 6.02. The van der Waals surface area contributed by atoms with Crippen molar-refractivity contribution >= 4 is 23.0 Å². The second-order valence-electron chi connectivity index (χ2n) is 7.53. The van der Waals surface area contributed by atoms with E-state index < -0.39 is 17.7 Å². The van der Waals surface area contributed by atoms with Crippen molar-refractivity contribution in [2.75, 3.05) is 13.2 Å². The van der Waals surface area contributed by atoms with Crippen LogP contribution in [0.25, 0.3) is 22.0 Å². The molecule has 7 heteroatoms. The molecule has 0 radical (unpaired) electrons. The van der Waals surface area contributed by atoms with E-state index in [0.29, 0.717) is 16.7 Å². The number of amides is 1. The molecule has 3 N–H and O–H groups in total. The molecule has 7 nitrogen and oxygen atoms in total. The van der Waals surface area contributed by atoms with Gasteiger partial charge in [-0.25, -0.2) is 9.59 Å². The van der Waals surface area contributed by atoms with Crippen LogP contribution in [0.5, 0.6) is 5.75 Å². The van der Waals surface area contributed by atoms with Gasteiger partial charge in [0.15, 0.2) is 0 Å². The Balaban J connectivity index is 1.78. The number of alkyl carbamates (subject to hydrolysis) is 1. The largest absolute Gasteiger partial charge is 0.491 e. The minimum absolute atomic E-state index is 0.0834. The Morgan fingerprint density at radius 1 is 1.10 bits per heavy atom. The molecular weight excluding hydrogens is 372 g/mol. The first-order valence-electron chi connectivity index (χ1n) is 9.29. The number of nitrogens with one attached hydrogen (secondary N) is 2. The van der Waals surface area contributed by atoms with E-state index in [1.54, 1.807) is 32.9 Å². The summed E-state index contributed by atoms with van der Waals surface area (Å²) in [6, 6.07) is 14.9. The average molecular weight is 396 g/mol. The van der Waals surface area contributed by atoms with Crippen LogP contribution in [-0.4, -0.2) is 40.9 Å². The quantitative estimate of drug-likeness (QED) is 0.535. The summed E-state index contributed by atoms with van der Waals surface area (Å²) in [7, 11) is 0. The summed E-state index contributed by atoms with van der Waals surface area (Å²) in [5.74, 6) is -0.507. The van der Waals surface area contributed by atoms with E-state index in [2.05, 4.69) is 10.3 Å². The van der Waals surface area contributed by atoms with Crippen molar-refractivity contribution in [2.24, 2.45) is 0 Å². The summed E-state index contributed by atoms with van der Waals surface area (Å²) < 4.78 is 11.0. The fourth-order valence-corrected chi connectivity index (χ4v) is 2.92. The molecule has 29 heavy (non-hydrogen) atoms. The number of hydrogen-bond acceptors (Lipinski definition) is 4. The lowest BCUT2D eigenvalue weighted by atomic mass is 10.0. The summed E-state index contributed by atoms with van der Waals surface area (Å²) in [6.07, 6.45) is -0.513. The van der Waals surface area contributed by atoms with Crippen LogP contribution in [0.1, 0.15) is 31.3 Å². The lowest BCUT2D eigenvalue weighted by Gasteiger charge is -2.19. The van der Waals surface area contributed by atoms with Gasteiger partial charge >= 0.3 is 12.1 Å². The number of hydrogen-bond donors (Lipinski definition) is 3. The Labute approximate surface area is 168 Å². The molecule has 0 saturated heterocycles. The van der Waals surface area contributed by atoms with E-state index in [-0.39, 0.29) is 18.8 Å². The summed E-state index contributed by atoms with van der Waals surface area (Å²) in [5, 5.41) is 12.7. The summed E-state index contributed by atoms with van der Waals surface area (Å²) in [5.41, 5.74) is 2.05. The van der Waals surface area contributed by atoms with E-state index >= 15 is 0 Å². The van der Waals surface area contributed by atoms with E-state index in [1.165, 1.54) is 0 Å². The van der Waals surface area contributed by atoms with Crippen molar-refractivity contribution in [3.05, 3.63) is 54.2 Å². The van der Waals surface area contributed by atoms with Gasteiger partial charge in [-0.1, -0.05) is 30.3 Å². The number of benzene rings is 2. The number of H-pyrrole nitrogens is 1. The maximum atomic E-state index is 11.7. The van der Waals surface area contributed by atoms with Crippen LogP contribution >= 0.6 is 0 Å². The Hall–Kier alpha value is -3.48. The Bertz CT molecular complexity index is 1020. The molecule has 0 aliphatic heterocycles. The zero-order valence-corrected chi connectivity index (χ0v) is 16.6. The Kier molecular flexibility index (Phi) is 5.77. The number of rotatable bonds is 6. The molecule has 0 aliphatic rings. The number of carboxylic acid groups (broad SMARTS) is 1. The average Bonchev–Trinajstić information content (AvgIpc) is 3.10. The highest BCUT2D eigenvalue weighted by Crippen LogP contribution is 2.34. The first-order valence-corrected chi connectivity index (χ1v) is 9.29. The second kappa shape index (κ2) is 8.26. The molecule has 0 unspecified atom stereocenters. The van der Waals surface area contributed by atoms with Crippen molar-refractivity contribution < 1.29 is 24.2 Å². The fraction of sp³-hybridized carbons (Fsp3) is 0.273. The Morgan fingerprint density at radius 2 is 1.83 bits per heavy atom. The smallest absolute Gasteiger partial charge is 0.407 e. The summed E-state index contributed by atoms with van der Waals surface area (Å²) in [4.78, 5) is 26.1. The van der Waals surface area contributed by atoms with Gasteiger partial charge in [0.2, 0.25) is 0 Å². The molecule has 0 spiro atoms. The SMILES string of the molecule is CC(C)(C)OC(=O)NCCOc1ccc(-c2ccccc2)c2[nH]c(C(=O)O)cc12. The molecule has 0 saturated carbocycles. The minimum atomic E-state index is -1.04. The van der Waals surface area contributed by atoms with E-state index in [4.69, 9.17) is 9.47 Å². The molecule has 3 rings (SSSR count). The topological polar surface area (TPSA) is 101 Å². The van der Waals surface area contributed by atoms with Crippen molar-refractivity contribution in [1.82, 2.24) is 10.3 Å². The standard InChI is InChI=1S/C22H24N2O5/c1-22(2,3)29-21(27)23-11-12-28-18-10-9-15(14-7-5-4-6-8-14)19-16(18)13-17(24-19)20(25)26/h4-10,13,24H,11-12H2,1-3H3,(H,23,27)(H,25,26). The minimum Gasteiger partial charge on any atom is -0.491 e. The predicted octanol–water partition coefficient (Wildman–Crippen LogP) is 4.44. The van der Waals surface area contributed by atoms with Crippen molar-refractivity contribution in [3.8, 4) is 16.9 Å². The highest BCUT2D eigenvalue weighted by atomic mass is 16.6. The summed E-state index contributed by atoms with van der Waals surface area (Å²) >= 11 is 0. The van der Waals surface area contributed by atoms with Crippen LogP contribution in [0.15, 0.2) is 48.5 Å². The first kappa shape index (κ1) is 20.3. The predicted molar refractivity (Wildman–Crippen MR) is 110 cm³/mol. The first-order chi connectivity index (χ1) is 13.7. The number of aromatic amines is 1. The third-order valence-electron chi connectivity index (χ3n) is 4.10. The molecule has 0 aliphatic carbocycles. The molecule has 1 aromatic heterocycles. The monoisotopic (exact) mass is 396 g/mol. The lowest BCUT2D eigenvalue weighted by molar-refractivity contribution is 0.0519. The van der Waals surface area contributed by atoms with Crippen LogP contribution in [0.2, 0.25) is 0 Å². The molecule has 1 amide bonds. The maximum absolute atomic E-state index is 11.7. The fourth-order valence-electron chi connectivity index (χ4n) is 2.92. The number of carbonyl (C=O) groups is 2. The molecule has 0 fully saturated rings. The van der Waals surface area contributed by atoms with Crippen molar-refractivity contribution in [3.63, 3.8) is 0 Å². The van der Waals surface area contributed by atoms with E-state index in [9.17, 15) is 14.7 Å². The third kappa shape index (κ3) is 5.07. The lowest BCUT2D eigenvalue weighted by Crippen LogP contribution is -2.34. The summed E-state index contributed by atoms with van der Waals surface area (Å²) in [6.45, 7) is 5.85. The number of carboxylic acids is 1. The Morgan fingerprint density at radius 3 is 2.48 bits per heavy atom. The van der Waals surface area contributed by atoms with Crippen LogP contribution < -0.4 is 10.1 Å². The number of fused-ring (bicyclic) bond motifs is 1. The number of aromatic carboxylic acids is 1. The van der Waals surface area contributed by atoms with Crippen LogP contribution in [0.3, 0.4) is 0 Å². The van der Waals surface area contributed by atoms with Crippen LogP contribution in [0.4, 0.5) is 4.79 Å². The molecular formula is C22H24N2O5. The third-order valence-corrected chi connectivity index (χ3v) is 4.10. The van der Waals surface area contributed by atoms with Gasteiger partial charge in [-0.2, -0.15) is 0 Å². The van der Waals surface area contributed by atoms with Crippen LogP contribution in [0, 0.1) is 0 Å². The normalized spacial score (nSPS) is 11.3. The zero-order chi connectivity index (χ0) is 21.0. The number of ether oxygens (including phenoxy) is 2. The number of aromatic nitrogens is 1. The molecule has 152 valence electrons. The molecule has 2 aromatic carbocycles. The second-order valence-corrected chi connectivity index (χ2v) is 7.53. The zero-order valence-electron chi connectivity index (χ0n) is 16.6. The van der Waals surface area contributed by atoms with Gasteiger partial charge in [0, 0.05) is 10.9 Å². The molecule has 0 atom stereocenters. The molecule has 3 aromatic rings. The molecule has 1 heterocycles. The van der Waals surface area contributed by atoms with E-state index in [0.717, 1.165) is 11.1 Å². The van der Waals surface area contributed by atoms with Gasteiger partial charge in [0.05, 0.1) is 12.1 Å². The van der Waals surface area contributed by atoms with Crippen LogP contribution in [-0.2, 0) is 4.74 Å². The van der Waals surface area contributed by atoms with Gasteiger partial charge < -0.3 is 24.9 Å². The highest BCUT2D eigenvalue weighted by Gasteiger charge is 2.17. The van der Waals surface area contributed by atoms with Gasteiger partial charge in [-0.05, 0) is 44.5 Å². The van der Waals surface area contributed by atoms with Gasteiger partial charge in [-0.15, -0.1) is 0 Å². The molecule has 0 bridgehead atoms. The van der Waals surface area contributed by atoms with Gasteiger partial charge in [0.25, 0.3) is 0 Å². The van der Waals surface area contributed by atoms with E-state index in [1.807, 2.05) is 36.4 Å². The van der Waals surface area contributed by atoms with Crippen molar-refractivity contribution in [2.45, 2.75) is 26.4 Å². The van der Waals surface area contributed by atoms with Crippen molar-refractivity contribution in [1.29, 1.82) is 0 Å². The maximum Gasteiger partial charge on any atom is 0.407 e. The van der Waals surface area contributed by atoms with Gasteiger partial charge in [0.1, 0.15) is 23.7 Å². The number of carbonyl (C=O) groups excluding carboxylic acids is 1.